The van der Waals surface area contributed by atoms with Crippen LogP contribution in [-0.2, 0) is 0 Å². The van der Waals surface area contributed by atoms with E-state index in [1.807, 2.05) is 0 Å². The highest BCUT2D eigenvalue weighted by atomic mass is 19.1. The van der Waals surface area contributed by atoms with Gasteiger partial charge in [0.1, 0.15) is 5.82 Å². The average molecular weight is 217 g/mol. The van der Waals surface area contributed by atoms with Gasteiger partial charge in [-0.1, -0.05) is 0 Å². The predicted molar refractivity (Wildman–Crippen MR) is 60.9 cm³/mol. The number of rotatable bonds is 1. The first kappa shape index (κ1) is 9.51. The Hall–Kier alpha value is -1.71. The monoisotopic (exact) mass is 217 g/mol. The molecule has 3 nitrogen and oxygen atoms in total. The molecule has 1 fully saturated rings. The van der Waals surface area contributed by atoms with E-state index in [0.29, 0.717) is 11.2 Å². The Morgan fingerprint density at radius 3 is 2.31 bits per heavy atom. The number of hydrogen-bond acceptors (Lipinski definition) is 3. The predicted octanol–water partition coefficient (Wildman–Crippen LogP) is 2.37. The largest absolute Gasteiger partial charge is 0.369 e. The van der Waals surface area contributed by atoms with E-state index in [1.54, 1.807) is 18.5 Å². The molecule has 1 aromatic heterocycles. The standard InChI is InChI=1S/C12H12FN3/c13-9-7-10-11(15-4-3-14-10)8-12(9)16-5-1-2-6-16/h3-4,7-8H,1-2,5-6H2. The Bertz CT molecular complexity index is 521. The van der Waals surface area contributed by atoms with Crippen LogP contribution in [0.3, 0.4) is 0 Å². The van der Waals surface area contributed by atoms with E-state index in [-0.39, 0.29) is 5.82 Å². The SMILES string of the molecule is Fc1cc2nccnc2cc1N1CCCC1. The maximum Gasteiger partial charge on any atom is 0.148 e. The molecule has 3 rings (SSSR count). The minimum atomic E-state index is -0.199. The maximum absolute atomic E-state index is 13.9. The Morgan fingerprint density at radius 2 is 1.62 bits per heavy atom. The number of nitrogens with zero attached hydrogens (tertiary/aromatic N) is 3. The quantitative estimate of drug-likeness (QED) is 0.734. The van der Waals surface area contributed by atoms with E-state index < -0.39 is 0 Å². The summed E-state index contributed by atoms with van der Waals surface area (Å²) in [6.07, 6.45) is 5.49. The van der Waals surface area contributed by atoms with E-state index in [9.17, 15) is 4.39 Å². The Morgan fingerprint density at radius 1 is 1.00 bits per heavy atom. The van der Waals surface area contributed by atoms with Crippen LogP contribution in [0, 0.1) is 5.82 Å². The van der Waals surface area contributed by atoms with Crippen LogP contribution in [0.15, 0.2) is 24.5 Å². The van der Waals surface area contributed by atoms with Crippen molar-refractivity contribution in [1.82, 2.24) is 9.97 Å². The highest BCUT2D eigenvalue weighted by molar-refractivity contribution is 5.79. The van der Waals surface area contributed by atoms with Crippen molar-refractivity contribution in [2.24, 2.45) is 0 Å². The van der Waals surface area contributed by atoms with E-state index >= 15 is 0 Å². The molecule has 1 aromatic carbocycles. The molecule has 0 aliphatic carbocycles. The highest BCUT2D eigenvalue weighted by Crippen LogP contribution is 2.26. The van der Waals surface area contributed by atoms with Gasteiger partial charge < -0.3 is 4.90 Å². The van der Waals surface area contributed by atoms with Gasteiger partial charge in [-0.05, 0) is 18.9 Å². The molecule has 0 bridgehead atoms. The van der Waals surface area contributed by atoms with Gasteiger partial charge in [0.25, 0.3) is 0 Å². The van der Waals surface area contributed by atoms with Crippen LogP contribution in [-0.4, -0.2) is 23.1 Å². The summed E-state index contributed by atoms with van der Waals surface area (Å²) in [5, 5.41) is 0. The van der Waals surface area contributed by atoms with Crippen LogP contribution in [0.5, 0.6) is 0 Å². The molecule has 0 amide bonds. The fraction of sp³-hybridized carbons (Fsp3) is 0.333. The number of benzene rings is 1. The molecule has 0 atom stereocenters. The molecule has 0 N–H and O–H groups in total. The van der Waals surface area contributed by atoms with Gasteiger partial charge in [0, 0.05) is 31.5 Å². The smallest absolute Gasteiger partial charge is 0.148 e. The minimum absolute atomic E-state index is 0.199. The third-order valence-electron chi connectivity index (χ3n) is 2.98. The fourth-order valence-corrected chi connectivity index (χ4v) is 2.17. The molecule has 0 unspecified atom stereocenters. The second-order valence-corrected chi connectivity index (χ2v) is 4.04. The summed E-state index contributed by atoms with van der Waals surface area (Å²) < 4.78 is 13.9. The van der Waals surface area contributed by atoms with Gasteiger partial charge in [-0.2, -0.15) is 0 Å². The summed E-state index contributed by atoms with van der Waals surface area (Å²) in [5.41, 5.74) is 2.03. The molecule has 0 saturated carbocycles. The normalized spacial score (nSPS) is 15.9. The number of fused-ring (bicyclic) bond motifs is 1. The summed E-state index contributed by atoms with van der Waals surface area (Å²) in [6, 6.07) is 3.26. The van der Waals surface area contributed by atoms with Crippen molar-refractivity contribution in [3.63, 3.8) is 0 Å². The van der Waals surface area contributed by atoms with Crippen LogP contribution in [0.1, 0.15) is 12.8 Å². The van der Waals surface area contributed by atoms with Crippen LogP contribution < -0.4 is 4.90 Å². The average Bonchev–Trinajstić information content (AvgIpc) is 2.81. The molecule has 1 aliphatic rings. The lowest BCUT2D eigenvalue weighted by Crippen LogP contribution is -2.18. The van der Waals surface area contributed by atoms with Crippen molar-refractivity contribution in [2.75, 3.05) is 18.0 Å². The zero-order valence-electron chi connectivity index (χ0n) is 8.86. The van der Waals surface area contributed by atoms with Crippen molar-refractivity contribution >= 4 is 16.7 Å². The first-order valence-corrected chi connectivity index (χ1v) is 5.50. The zero-order valence-corrected chi connectivity index (χ0v) is 8.86. The molecule has 0 radical (unpaired) electrons. The Kier molecular flexibility index (Phi) is 2.20. The lowest BCUT2D eigenvalue weighted by atomic mass is 10.2. The van der Waals surface area contributed by atoms with Gasteiger partial charge in [0.2, 0.25) is 0 Å². The summed E-state index contributed by atoms with van der Waals surface area (Å²) in [6.45, 7) is 1.87. The first-order chi connectivity index (χ1) is 7.84. The summed E-state index contributed by atoms with van der Waals surface area (Å²) >= 11 is 0. The van der Waals surface area contributed by atoms with Gasteiger partial charge >= 0.3 is 0 Å². The van der Waals surface area contributed by atoms with Gasteiger partial charge in [0.05, 0.1) is 16.7 Å². The maximum atomic E-state index is 13.9. The minimum Gasteiger partial charge on any atom is -0.369 e. The second-order valence-electron chi connectivity index (χ2n) is 4.04. The van der Waals surface area contributed by atoms with Crippen molar-refractivity contribution in [2.45, 2.75) is 12.8 Å². The van der Waals surface area contributed by atoms with Crippen molar-refractivity contribution in [3.05, 3.63) is 30.3 Å². The third kappa shape index (κ3) is 1.50. The summed E-state index contributed by atoms with van der Waals surface area (Å²) in [5.74, 6) is -0.199. The topological polar surface area (TPSA) is 29.0 Å². The van der Waals surface area contributed by atoms with Crippen molar-refractivity contribution < 1.29 is 4.39 Å². The van der Waals surface area contributed by atoms with E-state index in [0.717, 1.165) is 31.4 Å². The van der Waals surface area contributed by atoms with Crippen LogP contribution in [0.2, 0.25) is 0 Å². The van der Waals surface area contributed by atoms with Gasteiger partial charge in [-0.3, -0.25) is 9.97 Å². The zero-order chi connectivity index (χ0) is 11.0. The fourth-order valence-electron chi connectivity index (χ4n) is 2.17. The van der Waals surface area contributed by atoms with Crippen molar-refractivity contribution in [1.29, 1.82) is 0 Å². The molecule has 0 spiro atoms. The van der Waals surface area contributed by atoms with E-state index in [2.05, 4.69) is 14.9 Å². The molecular weight excluding hydrogens is 205 g/mol. The lowest BCUT2D eigenvalue weighted by molar-refractivity contribution is 0.624. The van der Waals surface area contributed by atoms with Crippen LogP contribution >= 0.6 is 0 Å². The number of aromatic nitrogens is 2. The van der Waals surface area contributed by atoms with Gasteiger partial charge in [-0.15, -0.1) is 0 Å². The molecule has 1 saturated heterocycles. The van der Waals surface area contributed by atoms with Gasteiger partial charge in [0.15, 0.2) is 0 Å². The number of anilines is 1. The third-order valence-corrected chi connectivity index (χ3v) is 2.98. The molecule has 16 heavy (non-hydrogen) atoms. The molecule has 2 aromatic rings. The van der Waals surface area contributed by atoms with E-state index in [1.165, 1.54) is 6.07 Å². The molecule has 4 heteroatoms. The van der Waals surface area contributed by atoms with Crippen LogP contribution in [0.25, 0.3) is 11.0 Å². The Labute approximate surface area is 92.9 Å². The highest BCUT2D eigenvalue weighted by Gasteiger charge is 2.17. The summed E-state index contributed by atoms with van der Waals surface area (Å²) in [7, 11) is 0. The number of hydrogen-bond donors (Lipinski definition) is 0. The summed E-state index contributed by atoms with van der Waals surface area (Å²) in [4.78, 5) is 10.4. The lowest BCUT2D eigenvalue weighted by Gasteiger charge is -2.18. The number of halogens is 1. The van der Waals surface area contributed by atoms with Crippen molar-refractivity contribution in [3.8, 4) is 0 Å². The second kappa shape index (κ2) is 3.70. The molecular formula is C12H12FN3. The van der Waals surface area contributed by atoms with Gasteiger partial charge in [-0.25, -0.2) is 4.39 Å². The molecule has 1 aliphatic heterocycles. The molecule has 2 heterocycles. The first-order valence-electron chi connectivity index (χ1n) is 5.50. The molecule has 82 valence electrons. The Balaban J connectivity index is 2.13. The van der Waals surface area contributed by atoms with Crippen LogP contribution in [0.4, 0.5) is 10.1 Å². The van der Waals surface area contributed by atoms with E-state index in [4.69, 9.17) is 0 Å².